The number of nitrogens with one attached hydrogen (secondary N) is 2. The third-order valence-electron chi connectivity index (χ3n) is 1.86. The molecule has 0 aliphatic heterocycles. The number of carbonyl (C=O) groups excluding carboxylic acids is 2. The summed E-state index contributed by atoms with van der Waals surface area (Å²) in [5, 5.41) is 38.8. The van der Waals surface area contributed by atoms with Crippen LogP contribution in [0.3, 0.4) is 0 Å². The lowest BCUT2D eigenvalue weighted by Gasteiger charge is -2.21. The monoisotopic (exact) mass is 250 g/mol. The van der Waals surface area contributed by atoms with Crippen LogP contribution in [0, 0.1) is 0 Å². The molecular formula is C8H14N2O7. The maximum absolute atomic E-state index is 11.0. The molecule has 0 heterocycles. The molecule has 0 fully saturated rings. The van der Waals surface area contributed by atoms with Crippen LogP contribution in [0.2, 0.25) is 0 Å². The first-order valence-electron chi connectivity index (χ1n) is 4.56. The first-order valence-corrected chi connectivity index (χ1v) is 4.56. The number of aliphatic hydroxyl groups is 3. The van der Waals surface area contributed by atoms with E-state index >= 15 is 0 Å². The Kier molecular flexibility index (Phi) is 6.10. The molecule has 9 heteroatoms. The standard InChI is InChI=1S/C8H14N2O7/c11-3-9-5(13)1-8(17,7(15)16)2-6(14)10-4-12/h11-12,17H,1-4H2,(H,9,13)(H,10,14)(H,15,16). The minimum atomic E-state index is -2.58. The summed E-state index contributed by atoms with van der Waals surface area (Å²) >= 11 is 0. The van der Waals surface area contributed by atoms with Crippen LogP contribution in [0.25, 0.3) is 0 Å². The number of amides is 2. The molecule has 2 amide bonds. The van der Waals surface area contributed by atoms with Gasteiger partial charge in [0.2, 0.25) is 11.8 Å². The second-order valence-electron chi connectivity index (χ2n) is 3.21. The van der Waals surface area contributed by atoms with E-state index in [2.05, 4.69) is 0 Å². The average molecular weight is 250 g/mol. The number of carbonyl (C=O) groups is 3. The molecule has 0 aromatic carbocycles. The minimum absolute atomic E-state index is 0.711. The third-order valence-corrected chi connectivity index (χ3v) is 1.86. The molecule has 0 spiro atoms. The molecule has 0 radical (unpaired) electrons. The van der Waals surface area contributed by atoms with E-state index < -0.39 is 49.7 Å². The Bertz CT molecular complexity index is 284. The second kappa shape index (κ2) is 6.78. The van der Waals surface area contributed by atoms with Crippen molar-refractivity contribution < 1.29 is 34.8 Å². The van der Waals surface area contributed by atoms with Gasteiger partial charge in [0.15, 0.2) is 5.60 Å². The Morgan fingerprint density at radius 1 is 0.941 bits per heavy atom. The Balaban J connectivity index is 4.62. The predicted molar refractivity (Wildman–Crippen MR) is 52.3 cm³/mol. The predicted octanol–water partition coefficient (Wildman–Crippen LogP) is -3.29. The van der Waals surface area contributed by atoms with Crippen LogP contribution in [-0.2, 0) is 14.4 Å². The van der Waals surface area contributed by atoms with E-state index in [0.29, 0.717) is 0 Å². The smallest absolute Gasteiger partial charge is 0.336 e. The van der Waals surface area contributed by atoms with Crippen molar-refractivity contribution in [3.63, 3.8) is 0 Å². The lowest BCUT2D eigenvalue weighted by molar-refractivity contribution is -0.164. The summed E-state index contributed by atoms with van der Waals surface area (Å²) in [6.07, 6.45) is -1.77. The Labute approximate surface area is 96.1 Å². The highest BCUT2D eigenvalue weighted by atomic mass is 16.4. The molecule has 6 N–H and O–H groups in total. The molecule has 0 bridgehead atoms. The Morgan fingerprint density at radius 2 is 1.29 bits per heavy atom. The van der Waals surface area contributed by atoms with E-state index in [1.165, 1.54) is 0 Å². The summed E-state index contributed by atoms with van der Waals surface area (Å²) in [5.74, 6) is -3.60. The molecule has 0 aromatic rings. The topological polar surface area (TPSA) is 156 Å². The van der Waals surface area contributed by atoms with Gasteiger partial charge in [-0.15, -0.1) is 0 Å². The normalized spacial score (nSPS) is 10.8. The van der Waals surface area contributed by atoms with Gasteiger partial charge in [-0.25, -0.2) is 4.79 Å². The molecule has 0 saturated heterocycles. The summed E-state index contributed by atoms with van der Waals surface area (Å²) < 4.78 is 0. The zero-order valence-corrected chi connectivity index (χ0v) is 8.84. The molecule has 9 nitrogen and oxygen atoms in total. The van der Waals surface area contributed by atoms with Crippen molar-refractivity contribution in [1.29, 1.82) is 0 Å². The van der Waals surface area contributed by atoms with Crippen LogP contribution in [0.4, 0.5) is 0 Å². The quantitative estimate of drug-likeness (QED) is 0.258. The van der Waals surface area contributed by atoms with Crippen LogP contribution in [0.15, 0.2) is 0 Å². The van der Waals surface area contributed by atoms with E-state index in [-0.39, 0.29) is 0 Å². The van der Waals surface area contributed by atoms with E-state index in [1.54, 1.807) is 0 Å². The number of aliphatic carboxylic acids is 1. The fourth-order valence-corrected chi connectivity index (χ4v) is 1.05. The van der Waals surface area contributed by atoms with Crippen molar-refractivity contribution in [2.45, 2.75) is 18.4 Å². The van der Waals surface area contributed by atoms with Gasteiger partial charge in [-0.1, -0.05) is 0 Å². The largest absolute Gasteiger partial charge is 0.479 e. The summed E-state index contributed by atoms with van der Waals surface area (Å²) in [4.78, 5) is 32.8. The molecule has 0 atom stereocenters. The van der Waals surface area contributed by atoms with Crippen LogP contribution in [0.5, 0.6) is 0 Å². The van der Waals surface area contributed by atoms with Crippen LogP contribution in [-0.4, -0.2) is 57.3 Å². The average Bonchev–Trinajstić information content (AvgIpc) is 2.17. The van der Waals surface area contributed by atoms with Gasteiger partial charge in [0.25, 0.3) is 0 Å². The van der Waals surface area contributed by atoms with E-state index in [9.17, 15) is 19.5 Å². The molecule has 0 saturated carbocycles. The van der Waals surface area contributed by atoms with Crippen molar-refractivity contribution in [2.24, 2.45) is 0 Å². The first kappa shape index (κ1) is 15.3. The maximum Gasteiger partial charge on any atom is 0.336 e. The van der Waals surface area contributed by atoms with E-state index in [0.717, 1.165) is 0 Å². The van der Waals surface area contributed by atoms with Gasteiger partial charge < -0.3 is 31.1 Å². The summed E-state index contributed by atoms with van der Waals surface area (Å²) in [5.41, 5.74) is -2.58. The van der Waals surface area contributed by atoms with E-state index in [1.807, 2.05) is 10.6 Å². The van der Waals surface area contributed by atoms with Gasteiger partial charge in [-0.2, -0.15) is 0 Å². The van der Waals surface area contributed by atoms with Gasteiger partial charge in [0, 0.05) is 0 Å². The van der Waals surface area contributed by atoms with Crippen molar-refractivity contribution in [1.82, 2.24) is 10.6 Å². The molecular weight excluding hydrogens is 236 g/mol. The van der Waals surface area contributed by atoms with Gasteiger partial charge in [-0.05, 0) is 0 Å². The lowest BCUT2D eigenvalue weighted by Crippen LogP contribution is -2.47. The number of carboxylic acids is 1. The number of rotatable bonds is 7. The van der Waals surface area contributed by atoms with Crippen molar-refractivity contribution in [3.8, 4) is 0 Å². The van der Waals surface area contributed by atoms with E-state index in [4.69, 9.17) is 15.3 Å². The molecule has 0 unspecified atom stereocenters. The number of carboxylic acid groups (broad SMARTS) is 1. The SMILES string of the molecule is O=C(CC(O)(CC(=O)NCO)C(=O)O)NCO. The Hall–Kier alpha value is -1.71. The highest BCUT2D eigenvalue weighted by molar-refractivity contribution is 5.91. The van der Waals surface area contributed by atoms with Crippen molar-refractivity contribution in [2.75, 3.05) is 13.5 Å². The molecule has 0 aliphatic rings. The zero-order valence-electron chi connectivity index (χ0n) is 8.84. The first-order chi connectivity index (χ1) is 7.85. The second-order valence-corrected chi connectivity index (χ2v) is 3.21. The fourth-order valence-electron chi connectivity index (χ4n) is 1.05. The number of aliphatic hydroxyl groups excluding tert-OH is 2. The molecule has 0 aromatic heterocycles. The lowest BCUT2D eigenvalue weighted by atomic mass is 9.95. The maximum atomic E-state index is 11.0. The molecule has 0 aliphatic carbocycles. The van der Waals surface area contributed by atoms with Crippen LogP contribution < -0.4 is 10.6 Å². The van der Waals surface area contributed by atoms with Gasteiger partial charge in [0.05, 0.1) is 12.8 Å². The van der Waals surface area contributed by atoms with Gasteiger partial charge >= 0.3 is 5.97 Å². The Morgan fingerprint density at radius 3 is 1.53 bits per heavy atom. The van der Waals surface area contributed by atoms with Gasteiger partial charge in [-0.3, -0.25) is 9.59 Å². The van der Waals surface area contributed by atoms with Crippen molar-refractivity contribution >= 4 is 17.8 Å². The minimum Gasteiger partial charge on any atom is -0.479 e. The van der Waals surface area contributed by atoms with Crippen LogP contribution >= 0.6 is 0 Å². The highest BCUT2D eigenvalue weighted by Gasteiger charge is 2.40. The third kappa shape index (κ3) is 5.24. The van der Waals surface area contributed by atoms with Crippen LogP contribution in [0.1, 0.15) is 12.8 Å². The zero-order chi connectivity index (χ0) is 13.5. The number of hydrogen-bond donors (Lipinski definition) is 6. The molecule has 17 heavy (non-hydrogen) atoms. The number of hydrogen-bond acceptors (Lipinski definition) is 6. The van der Waals surface area contributed by atoms with Gasteiger partial charge in [0.1, 0.15) is 13.5 Å². The summed E-state index contributed by atoms with van der Waals surface area (Å²) in [6, 6.07) is 0. The fraction of sp³-hybridized carbons (Fsp3) is 0.625. The molecule has 0 rings (SSSR count). The van der Waals surface area contributed by atoms with Crippen molar-refractivity contribution in [3.05, 3.63) is 0 Å². The molecule has 98 valence electrons. The summed E-state index contributed by atoms with van der Waals surface area (Å²) in [6.45, 7) is -1.42. The summed E-state index contributed by atoms with van der Waals surface area (Å²) in [7, 11) is 0. The highest BCUT2D eigenvalue weighted by Crippen LogP contribution is 2.15.